The number of carbonyl (C=O) groups is 1. The van der Waals surface area contributed by atoms with Gasteiger partial charge in [0, 0.05) is 24.9 Å². The van der Waals surface area contributed by atoms with Gasteiger partial charge >= 0.3 is 0 Å². The van der Waals surface area contributed by atoms with E-state index >= 15 is 0 Å². The average molecular weight is 286 g/mol. The van der Waals surface area contributed by atoms with Gasteiger partial charge in [-0.3, -0.25) is 4.79 Å². The van der Waals surface area contributed by atoms with Crippen molar-refractivity contribution in [3.8, 4) is 0 Å². The Kier molecular flexibility index (Phi) is 4.04. The molecule has 1 amide bonds. The summed E-state index contributed by atoms with van der Waals surface area (Å²) in [4.78, 5) is 11.8. The molecule has 1 aliphatic carbocycles. The summed E-state index contributed by atoms with van der Waals surface area (Å²) < 4.78 is 15.4. The van der Waals surface area contributed by atoms with Crippen molar-refractivity contribution in [1.82, 2.24) is 9.88 Å². The Hall–Kier alpha value is -2.10. The minimum absolute atomic E-state index is 0.101. The second kappa shape index (κ2) is 6.12. The molecular formula is C17H19FN2O. The van der Waals surface area contributed by atoms with Crippen LogP contribution in [0.3, 0.4) is 0 Å². The van der Waals surface area contributed by atoms with E-state index in [2.05, 4.69) is 9.88 Å². The van der Waals surface area contributed by atoms with Gasteiger partial charge in [-0.1, -0.05) is 12.1 Å². The molecule has 4 heteroatoms. The van der Waals surface area contributed by atoms with E-state index in [1.165, 1.54) is 6.07 Å². The fourth-order valence-corrected chi connectivity index (χ4v) is 2.52. The SMILES string of the molecule is O=C(NC[C@H](Cc1cccc(F)c1)n1cccc1)C1CC1. The molecule has 3 rings (SSSR count). The number of hydrogen-bond acceptors (Lipinski definition) is 1. The molecule has 1 N–H and O–H groups in total. The number of rotatable bonds is 6. The molecule has 1 aromatic carbocycles. The van der Waals surface area contributed by atoms with E-state index in [1.54, 1.807) is 12.1 Å². The minimum Gasteiger partial charge on any atom is -0.354 e. The van der Waals surface area contributed by atoms with E-state index in [0.717, 1.165) is 18.4 Å². The summed E-state index contributed by atoms with van der Waals surface area (Å²) in [5, 5.41) is 3.01. The fraction of sp³-hybridized carbons (Fsp3) is 0.353. The van der Waals surface area contributed by atoms with Gasteiger partial charge < -0.3 is 9.88 Å². The third kappa shape index (κ3) is 3.72. The van der Waals surface area contributed by atoms with Crippen LogP contribution < -0.4 is 5.32 Å². The number of hydrogen-bond donors (Lipinski definition) is 1. The van der Waals surface area contributed by atoms with Crippen molar-refractivity contribution in [2.45, 2.75) is 25.3 Å². The van der Waals surface area contributed by atoms with Crippen molar-refractivity contribution in [3.05, 3.63) is 60.2 Å². The van der Waals surface area contributed by atoms with E-state index < -0.39 is 0 Å². The topological polar surface area (TPSA) is 34.0 Å². The number of carbonyl (C=O) groups excluding carboxylic acids is 1. The third-order valence-corrected chi connectivity index (χ3v) is 3.87. The first-order valence-electron chi connectivity index (χ1n) is 7.37. The van der Waals surface area contributed by atoms with E-state index in [9.17, 15) is 9.18 Å². The number of aromatic nitrogens is 1. The molecule has 0 spiro atoms. The van der Waals surface area contributed by atoms with Crippen LogP contribution in [0.4, 0.5) is 4.39 Å². The Labute approximate surface area is 123 Å². The van der Waals surface area contributed by atoms with E-state index in [0.29, 0.717) is 13.0 Å². The molecule has 110 valence electrons. The van der Waals surface area contributed by atoms with Crippen LogP contribution in [0, 0.1) is 11.7 Å². The Morgan fingerprint density at radius 3 is 2.71 bits per heavy atom. The van der Waals surface area contributed by atoms with Crippen LogP contribution in [-0.4, -0.2) is 17.0 Å². The highest BCUT2D eigenvalue weighted by atomic mass is 19.1. The third-order valence-electron chi connectivity index (χ3n) is 3.87. The number of amides is 1. The second-order valence-electron chi connectivity index (χ2n) is 5.64. The molecule has 21 heavy (non-hydrogen) atoms. The van der Waals surface area contributed by atoms with E-state index in [-0.39, 0.29) is 23.7 Å². The lowest BCUT2D eigenvalue weighted by atomic mass is 10.1. The summed E-state index contributed by atoms with van der Waals surface area (Å²) in [6, 6.07) is 10.7. The maximum absolute atomic E-state index is 13.3. The molecular weight excluding hydrogens is 267 g/mol. The largest absolute Gasteiger partial charge is 0.354 e. The predicted molar refractivity (Wildman–Crippen MR) is 79.3 cm³/mol. The maximum atomic E-state index is 13.3. The Balaban J connectivity index is 1.68. The Morgan fingerprint density at radius 2 is 2.05 bits per heavy atom. The number of nitrogens with zero attached hydrogens (tertiary/aromatic N) is 1. The highest BCUT2D eigenvalue weighted by Gasteiger charge is 2.29. The quantitative estimate of drug-likeness (QED) is 0.870. The Bertz CT molecular complexity index is 605. The van der Waals surface area contributed by atoms with Crippen molar-refractivity contribution >= 4 is 5.91 Å². The molecule has 1 aliphatic rings. The fourth-order valence-electron chi connectivity index (χ4n) is 2.52. The van der Waals surface area contributed by atoms with Crippen LogP contribution in [0.5, 0.6) is 0 Å². The summed E-state index contributed by atoms with van der Waals surface area (Å²) in [5.74, 6) is 0.136. The van der Waals surface area contributed by atoms with Crippen molar-refractivity contribution in [2.24, 2.45) is 5.92 Å². The van der Waals surface area contributed by atoms with Crippen LogP contribution in [0.15, 0.2) is 48.8 Å². The lowest BCUT2D eigenvalue weighted by molar-refractivity contribution is -0.122. The summed E-state index contributed by atoms with van der Waals surface area (Å²) in [7, 11) is 0. The minimum atomic E-state index is -0.222. The average Bonchev–Trinajstić information content (AvgIpc) is 3.19. The van der Waals surface area contributed by atoms with Crippen molar-refractivity contribution in [3.63, 3.8) is 0 Å². The van der Waals surface area contributed by atoms with Gasteiger partial charge in [0.25, 0.3) is 0 Å². The molecule has 2 aromatic rings. The van der Waals surface area contributed by atoms with Crippen LogP contribution in [0.1, 0.15) is 24.4 Å². The first-order chi connectivity index (χ1) is 10.2. The highest BCUT2D eigenvalue weighted by Crippen LogP contribution is 2.29. The molecule has 0 unspecified atom stereocenters. The molecule has 1 aromatic heterocycles. The zero-order chi connectivity index (χ0) is 14.7. The summed E-state index contributed by atoms with van der Waals surface area (Å²) in [6.45, 7) is 0.570. The first-order valence-corrected chi connectivity index (χ1v) is 7.37. The molecule has 0 aliphatic heterocycles. The molecule has 0 radical (unpaired) electrons. The van der Waals surface area contributed by atoms with E-state index in [1.807, 2.05) is 30.6 Å². The molecule has 1 heterocycles. The smallest absolute Gasteiger partial charge is 0.223 e. The highest BCUT2D eigenvalue weighted by molar-refractivity contribution is 5.80. The zero-order valence-electron chi connectivity index (χ0n) is 11.8. The van der Waals surface area contributed by atoms with Crippen molar-refractivity contribution in [2.75, 3.05) is 6.54 Å². The van der Waals surface area contributed by atoms with Gasteiger partial charge in [0.1, 0.15) is 5.82 Å². The standard InChI is InChI=1S/C17H19FN2O/c18-15-5-3-4-13(10-15)11-16(20-8-1-2-9-20)12-19-17(21)14-6-7-14/h1-5,8-10,14,16H,6-7,11-12H2,(H,19,21)/t16-/m0/s1. The van der Waals surface area contributed by atoms with Crippen LogP contribution >= 0.6 is 0 Å². The Morgan fingerprint density at radius 1 is 1.29 bits per heavy atom. The number of benzene rings is 1. The summed E-state index contributed by atoms with van der Waals surface area (Å²) in [5.41, 5.74) is 0.939. The molecule has 0 saturated heterocycles. The maximum Gasteiger partial charge on any atom is 0.223 e. The first kappa shape index (κ1) is 13.9. The summed E-state index contributed by atoms with van der Waals surface area (Å²) >= 11 is 0. The monoisotopic (exact) mass is 286 g/mol. The molecule has 3 nitrogen and oxygen atoms in total. The zero-order valence-corrected chi connectivity index (χ0v) is 11.8. The summed E-state index contributed by atoms with van der Waals surface area (Å²) in [6.07, 6.45) is 6.66. The van der Waals surface area contributed by atoms with Gasteiger partial charge in [0.05, 0.1) is 6.04 Å². The van der Waals surface area contributed by atoms with Crippen molar-refractivity contribution in [1.29, 1.82) is 0 Å². The van der Waals surface area contributed by atoms with Gasteiger partial charge in [-0.15, -0.1) is 0 Å². The predicted octanol–water partition coefficient (Wildman–Crippen LogP) is 2.94. The van der Waals surface area contributed by atoms with Crippen LogP contribution in [-0.2, 0) is 11.2 Å². The van der Waals surface area contributed by atoms with Gasteiger partial charge in [-0.2, -0.15) is 0 Å². The van der Waals surface area contributed by atoms with Gasteiger partial charge in [-0.05, 0) is 49.1 Å². The normalized spacial score (nSPS) is 15.7. The van der Waals surface area contributed by atoms with Gasteiger partial charge in [-0.25, -0.2) is 4.39 Å². The molecule has 0 bridgehead atoms. The number of nitrogens with one attached hydrogen (secondary N) is 1. The molecule has 1 fully saturated rings. The molecule has 1 atom stereocenters. The van der Waals surface area contributed by atoms with Crippen LogP contribution in [0.2, 0.25) is 0 Å². The number of halogens is 1. The lowest BCUT2D eigenvalue weighted by Gasteiger charge is -2.20. The lowest BCUT2D eigenvalue weighted by Crippen LogP contribution is -2.32. The second-order valence-corrected chi connectivity index (χ2v) is 5.64. The van der Waals surface area contributed by atoms with Gasteiger partial charge in [0.15, 0.2) is 0 Å². The molecule has 1 saturated carbocycles. The van der Waals surface area contributed by atoms with Crippen molar-refractivity contribution < 1.29 is 9.18 Å². The van der Waals surface area contributed by atoms with E-state index in [4.69, 9.17) is 0 Å². The van der Waals surface area contributed by atoms with Crippen LogP contribution in [0.25, 0.3) is 0 Å². The van der Waals surface area contributed by atoms with Gasteiger partial charge in [0.2, 0.25) is 5.91 Å².